The third-order valence-corrected chi connectivity index (χ3v) is 9.95. The summed E-state index contributed by atoms with van der Waals surface area (Å²) >= 11 is 0. The zero-order valence-corrected chi connectivity index (χ0v) is 23.0. The van der Waals surface area contributed by atoms with Crippen molar-refractivity contribution >= 4 is 5.91 Å². The fourth-order valence-corrected chi connectivity index (χ4v) is 8.03. The Morgan fingerprint density at radius 3 is 2.52 bits per heavy atom. The van der Waals surface area contributed by atoms with E-state index >= 15 is 0 Å². The number of amides is 1. The molecule has 216 valence electrons. The lowest BCUT2D eigenvalue weighted by Gasteiger charge is -2.48. The molecule has 1 spiro atoms. The van der Waals surface area contributed by atoms with Gasteiger partial charge in [-0.15, -0.1) is 0 Å². The Morgan fingerprint density at radius 2 is 1.75 bits per heavy atom. The van der Waals surface area contributed by atoms with Crippen molar-refractivity contribution in [1.29, 1.82) is 0 Å². The van der Waals surface area contributed by atoms with E-state index in [1.807, 2.05) is 6.07 Å². The number of piperidine rings is 1. The van der Waals surface area contributed by atoms with E-state index in [4.69, 9.17) is 4.74 Å². The van der Waals surface area contributed by atoms with E-state index in [2.05, 4.69) is 45.9 Å². The summed E-state index contributed by atoms with van der Waals surface area (Å²) in [6.45, 7) is 1.65. The third-order valence-electron chi connectivity index (χ3n) is 9.95. The van der Waals surface area contributed by atoms with Crippen LogP contribution in [0, 0.1) is 11.8 Å². The molecule has 2 aromatic rings. The summed E-state index contributed by atoms with van der Waals surface area (Å²) in [7, 11) is 0. The largest absolute Gasteiger partial charge is 0.484 e. The van der Waals surface area contributed by atoms with Gasteiger partial charge < -0.3 is 20.3 Å². The van der Waals surface area contributed by atoms with Crippen molar-refractivity contribution in [2.45, 2.75) is 75.0 Å². The number of nitrogens with one attached hydrogen (secondary N) is 2. The van der Waals surface area contributed by atoms with Gasteiger partial charge in [-0.25, -0.2) is 0 Å². The van der Waals surface area contributed by atoms with Crippen LogP contribution in [0.3, 0.4) is 0 Å². The van der Waals surface area contributed by atoms with E-state index in [-0.39, 0.29) is 23.6 Å². The van der Waals surface area contributed by atoms with Crippen LogP contribution < -0.4 is 15.4 Å². The van der Waals surface area contributed by atoms with Gasteiger partial charge in [0.1, 0.15) is 5.75 Å². The van der Waals surface area contributed by atoms with Gasteiger partial charge in [-0.3, -0.25) is 4.79 Å². The molecule has 3 aliphatic heterocycles. The maximum Gasteiger partial charge on any atom is 0.422 e. The monoisotopic (exact) mass is 555 g/mol. The van der Waals surface area contributed by atoms with Crippen LogP contribution >= 0.6 is 0 Å². The highest BCUT2D eigenvalue weighted by molar-refractivity contribution is 5.82. The highest BCUT2D eigenvalue weighted by Gasteiger charge is 2.53. The number of carbonyl (C=O) groups excluding carboxylic acids is 1. The van der Waals surface area contributed by atoms with E-state index in [1.165, 1.54) is 37.7 Å². The maximum absolute atomic E-state index is 14.6. The fraction of sp³-hybridized carbons (Fsp3) is 0.594. The molecule has 1 saturated carbocycles. The van der Waals surface area contributed by atoms with Crippen molar-refractivity contribution in [3.05, 3.63) is 65.2 Å². The van der Waals surface area contributed by atoms with Crippen LogP contribution in [0.15, 0.2) is 48.5 Å². The number of likely N-dealkylation sites (tertiary alicyclic amines) is 1. The third kappa shape index (κ3) is 5.37. The number of benzene rings is 2. The summed E-state index contributed by atoms with van der Waals surface area (Å²) in [6.07, 6.45) is 3.63. The van der Waals surface area contributed by atoms with E-state index in [0.717, 1.165) is 30.5 Å². The van der Waals surface area contributed by atoms with Crippen LogP contribution in [0.25, 0.3) is 0 Å². The lowest BCUT2D eigenvalue weighted by atomic mass is 9.67. The molecule has 40 heavy (non-hydrogen) atoms. The Labute approximate surface area is 234 Å². The Kier molecular flexibility index (Phi) is 7.83. The van der Waals surface area contributed by atoms with Crippen LogP contribution in [0.1, 0.15) is 67.6 Å². The summed E-state index contributed by atoms with van der Waals surface area (Å²) < 4.78 is 44.2. The van der Waals surface area contributed by atoms with Crippen molar-refractivity contribution in [1.82, 2.24) is 15.5 Å². The molecule has 8 heteroatoms. The average molecular weight is 556 g/mol. The molecule has 2 aromatic carbocycles. The number of alkyl halides is 3. The molecule has 4 atom stereocenters. The van der Waals surface area contributed by atoms with Gasteiger partial charge in [0.05, 0.1) is 5.92 Å². The van der Waals surface area contributed by atoms with Crippen molar-refractivity contribution < 1.29 is 22.7 Å². The zero-order chi connectivity index (χ0) is 27.7. The Balaban J connectivity index is 1.29. The lowest BCUT2D eigenvalue weighted by Crippen LogP contribution is -2.57. The van der Waals surface area contributed by atoms with Crippen LogP contribution in [0.5, 0.6) is 5.75 Å². The molecule has 5 nitrogen and oxygen atoms in total. The van der Waals surface area contributed by atoms with Gasteiger partial charge in [0, 0.05) is 49.7 Å². The summed E-state index contributed by atoms with van der Waals surface area (Å²) in [5, 5.41) is 6.92. The second-order valence-corrected chi connectivity index (χ2v) is 12.3. The number of rotatable bonds is 5. The molecular weight excluding hydrogens is 515 g/mol. The number of nitrogens with zero attached hydrogens (tertiary/aromatic N) is 1. The number of halogens is 3. The van der Waals surface area contributed by atoms with Gasteiger partial charge in [-0.2, -0.15) is 13.2 Å². The van der Waals surface area contributed by atoms with Crippen LogP contribution in [0.2, 0.25) is 0 Å². The lowest BCUT2D eigenvalue weighted by molar-refractivity contribution is -0.153. The Hall–Kier alpha value is -2.58. The summed E-state index contributed by atoms with van der Waals surface area (Å²) in [6, 6.07) is 16.3. The normalized spacial score (nSPS) is 29.4. The molecule has 2 N–H and O–H groups in total. The van der Waals surface area contributed by atoms with E-state index in [0.29, 0.717) is 38.0 Å². The summed E-state index contributed by atoms with van der Waals surface area (Å²) in [5.41, 5.74) is 2.54. The molecule has 4 aliphatic rings. The number of hydrogen-bond acceptors (Lipinski definition) is 4. The molecule has 6 rings (SSSR count). The van der Waals surface area contributed by atoms with Crippen molar-refractivity contribution in [2.24, 2.45) is 11.8 Å². The molecule has 1 aliphatic carbocycles. The van der Waals surface area contributed by atoms with Gasteiger partial charge in [0.2, 0.25) is 5.91 Å². The molecule has 4 unspecified atom stereocenters. The molecule has 0 aromatic heterocycles. The second-order valence-electron chi connectivity index (χ2n) is 12.3. The number of ether oxygens (including phenoxy) is 1. The molecule has 3 heterocycles. The minimum Gasteiger partial charge on any atom is -0.484 e. The number of fused-ring (bicyclic) bond motifs is 2. The summed E-state index contributed by atoms with van der Waals surface area (Å²) in [5.74, 6) is 1.15. The highest BCUT2D eigenvalue weighted by atomic mass is 19.4. The first-order valence-corrected chi connectivity index (χ1v) is 14.9. The first-order chi connectivity index (χ1) is 19.4. The smallest absolute Gasteiger partial charge is 0.422 e. The topological polar surface area (TPSA) is 53.6 Å². The van der Waals surface area contributed by atoms with E-state index in [1.54, 1.807) is 12.1 Å². The zero-order valence-electron chi connectivity index (χ0n) is 23.0. The van der Waals surface area contributed by atoms with Gasteiger partial charge in [-0.05, 0) is 54.7 Å². The molecule has 2 saturated heterocycles. The predicted octanol–water partition coefficient (Wildman–Crippen LogP) is 5.54. The van der Waals surface area contributed by atoms with Gasteiger partial charge in [0.25, 0.3) is 0 Å². The molecule has 0 bridgehead atoms. The quantitative estimate of drug-likeness (QED) is 0.509. The minimum atomic E-state index is -4.41. The maximum atomic E-state index is 14.6. The van der Waals surface area contributed by atoms with Gasteiger partial charge in [-0.1, -0.05) is 61.7 Å². The van der Waals surface area contributed by atoms with Crippen LogP contribution in [0.4, 0.5) is 13.2 Å². The average Bonchev–Trinajstić information content (AvgIpc) is 3.40. The Bertz CT molecular complexity index is 1180. The minimum absolute atomic E-state index is 0.198. The number of hydrogen-bond donors (Lipinski definition) is 2. The van der Waals surface area contributed by atoms with Crippen molar-refractivity contribution in [3.8, 4) is 5.75 Å². The summed E-state index contributed by atoms with van der Waals surface area (Å²) in [4.78, 5) is 16.8. The van der Waals surface area contributed by atoms with Crippen LogP contribution in [-0.2, 0) is 16.8 Å². The highest BCUT2D eigenvalue weighted by Crippen LogP contribution is 2.45. The number of carbonyl (C=O) groups is 1. The predicted molar refractivity (Wildman–Crippen MR) is 148 cm³/mol. The van der Waals surface area contributed by atoms with E-state index < -0.39 is 18.2 Å². The van der Waals surface area contributed by atoms with Crippen LogP contribution in [-0.4, -0.2) is 55.8 Å². The van der Waals surface area contributed by atoms with E-state index in [9.17, 15) is 18.0 Å². The fourth-order valence-electron chi connectivity index (χ4n) is 8.03. The van der Waals surface area contributed by atoms with Gasteiger partial charge in [0.15, 0.2) is 6.61 Å². The van der Waals surface area contributed by atoms with Crippen molar-refractivity contribution in [3.63, 3.8) is 0 Å². The molecule has 1 amide bonds. The van der Waals surface area contributed by atoms with Gasteiger partial charge >= 0.3 is 6.18 Å². The Morgan fingerprint density at radius 1 is 0.975 bits per heavy atom. The molecule has 0 radical (unpaired) electrons. The standard InChI is InChI=1S/C32H40F3N3O2/c33-32(34,35)21-40-29-13-7-12-26-25(29)17-36-19-31(26)20-37-18-27(31)30(39)38-15-14-24(22-8-3-1-4-9-22)16-28(38)23-10-5-2-6-11-23/h1,3-4,7-9,12-13,23-24,27-28,36-37H,2,5-6,10-11,14-21H2. The first-order valence-electron chi connectivity index (χ1n) is 14.9. The first kappa shape index (κ1) is 27.6. The molecular formula is C32H40F3N3O2. The second kappa shape index (κ2) is 11.4. The molecule has 3 fully saturated rings. The SMILES string of the molecule is O=C(C1CNCC12CNCc1c(OCC(F)(F)F)cccc12)N1CCC(c2ccccc2)CC1C1CCCCC1. The van der Waals surface area contributed by atoms with Crippen molar-refractivity contribution in [2.75, 3.05) is 32.8 Å².